The second-order valence-electron chi connectivity index (χ2n) is 6.40. The Morgan fingerprint density at radius 2 is 1.84 bits per heavy atom. The van der Waals surface area contributed by atoms with Crippen molar-refractivity contribution in [2.75, 3.05) is 30.4 Å². The maximum atomic E-state index is 13.2. The number of hydrogen-bond donors (Lipinski definition) is 1. The van der Waals surface area contributed by atoms with Gasteiger partial charge in [0.1, 0.15) is 12.4 Å². The summed E-state index contributed by atoms with van der Waals surface area (Å²) in [7, 11) is 2.05. The summed E-state index contributed by atoms with van der Waals surface area (Å²) in [5.41, 5.74) is 2.94. The number of aliphatic imine (C=N–C) groups is 1. The molecular weight excluding hydrogens is 317 g/mol. The summed E-state index contributed by atoms with van der Waals surface area (Å²) in [4.78, 5) is 6.43. The van der Waals surface area contributed by atoms with Gasteiger partial charge in [-0.3, -0.25) is 0 Å². The first-order chi connectivity index (χ1) is 12.0. The number of nitrogens with zero attached hydrogens (tertiary/aromatic N) is 2. The number of rotatable bonds is 5. The van der Waals surface area contributed by atoms with E-state index in [0.29, 0.717) is 19.2 Å². The summed E-state index contributed by atoms with van der Waals surface area (Å²) >= 11 is 0. The molecule has 1 N–H and O–H groups in total. The third-order valence-electron chi connectivity index (χ3n) is 4.99. The van der Waals surface area contributed by atoms with Crippen LogP contribution in [0.5, 0.6) is 0 Å². The second-order valence-corrected chi connectivity index (χ2v) is 6.40. The van der Waals surface area contributed by atoms with E-state index in [1.165, 1.54) is 17.7 Å². The van der Waals surface area contributed by atoms with Crippen LogP contribution in [0.3, 0.4) is 0 Å². The molecule has 132 valence electrons. The van der Waals surface area contributed by atoms with E-state index in [0.717, 1.165) is 17.8 Å². The van der Waals surface area contributed by atoms with Crippen molar-refractivity contribution in [1.82, 2.24) is 0 Å². The number of amidine groups is 1. The van der Waals surface area contributed by atoms with Gasteiger partial charge in [0, 0.05) is 18.4 Å². The standard InChI is InChI=1S/C20H24FN3O/c1-4-20(2,24(3)18-11-7-16(21)8-12-18)15-5-9-17(10-6-15)23-19-22-13-14-25-19/h5-12H,4,13-14H2,1-3H3,(H,22,23). The normalized spacial score (nSPS) is 15.9. The van der Waals surface area contributed by atoms with Crippen LogP contribution in [-0.4, -0.2) is 26.2 Å². The van der Waals surface area contributed by atoms with Gasteiger partial charge in [-0.2, -0.15) is 0 Å². The fraction of sp³-hybridized carbons (Fsp3) is 0.350. The molecule has 2 aromatic carbocycles. The number of hydrogen-bond acceptors (Lipinski definition) is 4. The maximum absolute atomic E-state index is 13.2. The Balaban J connectivity index is 1.81. The lowest BCUT2D eigenvalue weighted by atomic mass is 9.87. The van der Waals surface area contributed by atoms with E-state index in [2.05, 4.69) is 41.2 Å². The Labute approximate surface area is 148 Å². The first-order valence-electron chi connectivity index (χ1n) is 8.57. The van der Waals surface area contributed by atoms with Crippen LogP contribution in [-0.2, 0) is 10.3 Å². The summed E-state index contributed by atoms with van der Waals surface area (Å²) in [6, 6.07) is 15.5. The Morgan fingerprint density at radius 1 is 1.16 bits per heavy atom. The molecule has 1 unspecified atom stereocenters. The van der Waals surface area contributed by atoms with Gasteiger partial charge in [0.05, 0.1) is 12.1 Å². The minimum Gasteiger partial charge on any atom is -0.463 e. The summed E-state index contributed by atoms with van der Waals surface area (Å²) < 4.78 is 18.6. The van der Waals surface area contributed by atoms with E-state index in [-0.39, 0.29) is 11.4 Å². The van der Waals surface area contributed by atoms with Gasteiger partial charge in [0.2, 0.25) is 0 Å². The highest BCUT2D eigenvalue weighted by molar-refractivity contribution is 5.89. The SMILES string of the molecule is CCC(C)(c1ccc(NC2=NCCO2)cc1)N(C)c1ccc(F)cc1. The summed E-state index contributed by atoms with van der Waals surface area (Å²) in [6.07, 6.45) is 0.920. The molecule has 1 aliphatic heterocycles. The lowest BCUT2D eigenvalue weighted by molar-refractivity contribution is 0.346. The predicted octanol–water partition coefficient (Wildman–Crippen LogP) is 4.39. The Hall–Kier alpha value is -2.56. The van der Waals surface area contributed by atoms with Crippen LogP contribution in [0.2, 0.25) is 0 Å². The first-order valence-corrected chi connectivity index (χ1v) is 8.57. The predicted molar refractivity (Wildman–Crippen MR) is 101 cm³/mol. The van der Waals surface area contributed by atoms with Crippen LogP contribution in [0, 0.1) is 5.82 Å². The molecular formula is C20H24FN3O. The fourth-order valence-corrected chi connectivity index (χ4v) is 3.03. The summed E-state index contributed by atoms with van der Waals surface area (Å²) in [5.74, 6) is -0.220. The molecule has 1 aliphatic rings. The molecule has 3 rings (SSSR count). The Morgan fingerprint density at radius 3 is 2.40 bits per heavy atom. The molecule has 0 spiro atoms. The smallest absolute Gasteiger partial charge is 0.289 e. The van der Waals surface area contributed by atoms with Gasteiger partial charge in [0.15, 0.2) is 0 Å². The number of ether oxygens (including phenoxy) is 1. The van der Waals surface area contributed by atoms with Crippen LogP contribution in [0.4, 0.5) is 15.8 Å². The van der Waals surface area contributed by atoms with E-state index >= 15 is 0 Å². The van der Waals surface area contributed by atoms with Crippen molar-refractivity contribution in [2.45, 2.75) is 25.8 Å². The van der Waals surface area contributed by atoms with Crippen LogP contribution >= 0.6 is 0 Å². The van der Waals surface area contributed by atoms with Crippen molar-refractivity contribution in [3.8, 4) is 0 Å². The second kappa shape index (κ2) is 7.13. The highest BCUT2D eigenvalue weighted by Crippen LogP contribution is 2.35. The molecule has 5 heteroatoms. The quantitative estimate of drug-likeness (QED) is 0.876. The van der Waals surface area contributed by atoms with E-state index in [1.807, 2.05) is 31.3 Å². The lowest BCUT2D eigenvalue weighted by Gasteiger charge is -2.40. The highest BCUT2D eigenvalue weighted by atomic mass is 19.1. The van der Waals surface area contributed by atoms with Crippen LogP contribution in [0.1, 0.15) is 25.8 Å². The largest absolute Gasteiger partial charge is 0.463 e. The molecule has 0 fully saturated rings. The van der Waals surface area contributed by atoms with E-state index in [4.69, 9.17) is 4.74 Å². The van der Waals surface area contributed by atoms with E-state index in [9.17, 15) is 4.39 Å². The maximum Gasteiger partial charge on any atom is 0.289 e. The molecule has 1 atom stereocenters. The van der Waals surface area contributed by atoms with Crippen molar-refractivity contribution in [3.05, 3.63) is 59.9 Å². The minimum atomic E-state index is -0.220. The molecule has 4 nitrogen and oxygen atoms in total. The van der Waals surface area contributed by atoms with Gasteiger partial charge >= 0.3 is 0 Å². The highest BCUT2D eigenvalue weighted by Gasteiger charge is 2.29. The minimum absolute atomic E-state index is 0.197. The number of anilines is 2. The first kappa shape index (κ1) is 17.3. The lowest BCUT2D eigenvalue weighted by Crippen LogP contribution is -2.40. The zero-order valence-corrected chi connectivity index (χ0v) is 14.9. The third kappa shape index (κ3) is 3.60. The Kier molecular flexibility index (Phi) is 4.93. The molecule has 0 saturated carbocycles. The van der Waals surface area contributed by atoms with Crippen molar-refractivity contribution in [1.29, 1.82) is 0 Å². The number of benzene rings is 2. The third-order valence-corrected chi connectivity index (χ3v) is 4.99. The summed E-state index contributed by atoms with van der Waals surface area (Å²) in [6.45, 7) is 5.70. The van der Waals surface area contributed by atoms with Crippen molar-refractivity contribution < 1.29 is 9.13 Å². The molecule has 0 bridgehead atoms. The van der Waals surface area contributed by atoms with Crippen molar-refractivity contribution in [3.63, 3.8) is 0 Å². The molecule has 0 saturated heterocycles. The van der Waals surface area contributed by atoms with Gasteiger partial charge in [-0.05, 0) is 55.3 Å². The molecule has 0 radical (unpaired) electrons. The van der Waals surface area contributed by atoms with Gasteiger partial charge in [-0.15, -0.1) is 0 Å². The topological polar surface area (TPSA) is 36.9 Å². The fourth-order valence-electron chi connectivity index (χ4n) is 3.03. The molecule has 0 aliphatic carbocycles. The van der Waals surface area contributed by atoms with Crippen LogP contribution in [0.15, 0.2) is 53.5 Å². The van der Waals surface area contributed by atoms with E-state index < -0.39 is 0 Å². The molecule has 1 heterocycles. The van der Waals surface area contributed by atoms with Crippen molar-refractivity contribution >= 4 is 17.4 Å². The van der Waals surface area contributed by atoms with Gasteiger partial charge in [0.25, 0.3) is 6.02 Å². The van der Waals surface area contributed by atoms with Gasteiger partial charge in [-0.25, -0.2) is 9.38 Å². The number of nitrogens with one attached hydrogen (secondary N) is 1. The molecule has 25 heavy (non-hydrogen) atoms. The van der Waals surface area contributed by atoms with E-state index in [1.54, 1.807) is 0 Å². The van der Waals surface area contributed by atoms with Crippen molar-refractivity contribution in [2.24, 2.45) is 4.99 Å². The summed E-state index contributed by atoms with van der Waals surface area (Å²) in [5, 5.41) is 3.18. The molecule has 2 aromatic rings. The molecule has 0 aromatic heterocycles. The average Bonchev–Trinajstić information content (AvgIpc) is 3.15. The average molecular weight is 341 g/mol. The van der Waals surface area contributed by atoms with Crippen LogP contribution < -0.4 is 10.2 Å². The van der Waals surface area contributed by atoms with Crippen LogP contribution in [0.25, 0.3) is 0 Å². The van der Waals surface area contributed by atoms with Gasteiger partial charge in [-0.1, -0.05) is 19.1 Å². The molecule has 0 amide bonds. The van der Waals surface area contributed by atoms with Gasteiger partial charge < -0.3 is 15.0 Å². The zero-order valence-electron chi connectivity index (χ0n) is 14.9. The number of halogens is 1. The zero-order chi connectivity index (χ0) is 17.9. The Bertz CT molecular complexity index is 743. The monoisotopic (exact) mass is 341 g/mol.